The van der Waals surface area contributed by atoms with Gasteiger partial charge in [0.2, 0.25) is 5.91 Å². The second-order valence-electron chi connectivity index (χ2n) is 7.97. The fraction of sp³-hybridized carbons (Fsp3) is 0.192. The van der Waals surface area contributed by atoms with Crippen molar-refractivity contribution in [3.63, 3.8) is 0 Å². The van der Waals surface area contributed by atoms with E-state index in [1.54, 1.807) is 29.2 Å². The van der Waals surface area contributed by atoms with E-state index in [9.17, 15) is 9.59 Å². The van der Waals surface area contributed by atoms with Crippen molar-refractivity contribution in [3.8, 4) is 5.75 Å². The van der Waals surface area contributed by atoms with Crippen molar-refractivity contribution in [2.24, 2.45) is 5.73 Å². The number of aromatic nitrogens is 1. The van der Waals surface area contributed by atoms with E-state index in [1.807, 2.05) is 43.3 Å². The Morgan fingerprint density at radius 1 is 1.00 bits per heavy atom. The first-order valence-corrected chi connectivity index (χ1v) is 11.4. The molecule has 0 unspecified atom stereocenters. The Kier molecular flexibility index (Phi) is 6.70. The molecule has 0 fully saturated rings. The number of aryl methyl sites for hydroxylation is 2. The van der Waals surface area contributed by atoms with Crippen LogP contribution in [0.3, 0.4) is 0 Å². The minimum Gasteiger partial charge on any atom is -0.484 e. The van der Waals surface area contributed by atoms with Crippen molar-refractivity contribution >= 4 is 38.5 Å². The number of nitrogens with two attached hydrogens (primary N) is 1. The number of hydrogen-bond acceptors (Lipinski definition) is 5. The number of ether oxygens (including phenoxy) is 1. The number of carbonyl (C=O) groups is 2. The summed E-state index contributed by atoms with van der Waals surface area (Å²) in [6, 6.07) is 21.0. The maximum absolute atomic E-state index is 13.3. The first-order chi connectivity index (χ1) is 15.9. The fourth-order valence-corrected chi connectivity index (χ4v) is 4.67. The third-order valence-corrected chi connectivity index (χ3v) is 6.42. The van der Waals surface area contributed by atoms with E-state index in [-0.39, 0.29) is 18.9 Å². The molecule has 0 saturated carbocycles. The maximum atomic E-state index is 13.3. The van der Waals surface area contributed by atoms with Crippen LogP contribution in [0.4, 0.5) is 5.13 Å². The molecular weight excluding hydrogens is 434 g/mol. The SMILES string of the molecule is Cc1cc(C)c2sc(N(Cc3ccccc3)C(=O)COc3ccc(CC(N)=O)cc3)nc2c1. The Bertz CT molecular complexity index is 1280. The van der Waals surface area contributed by atoms with Gasteiger partial charge in [0, 0.05) is 0 Å². The van der Waals surface area contributed by atoms with Crippen LogP contribution in [0.15, 0.2) is 66.7 Å². The first-order valence-electron chi connectivity index (χ1n) is 10.6. The van der Waals surface area contributed by atoms with Crippen LogP contribution in [0.5, 0.6) is 5.75 Å². The number of benzene rings is 3. The van der Waals surface area contributed by atoms with Crippen LogP contribution in [-0.2, 0) is 22.6 Å². The lowest BCUT2D eigenvalue weighted by atomic mass is 10.1. The van der Waals surface area contributed by atoms with Crippen LogP contribution in [0, 0.1) is 13.8 Å². The van der Waals surface area contributed by atoms with Gasteiger partial charge in [0.15, 0.2) is 11.7 Å². The second-order valence-corrected chi connectivity index (χ2v) is 8.95. The molecule has 3 aromatic carbocycles. The Labute approximate surface area is 196 Å². The zero-order valence-electron chi connectivity index (χ0n) is 18.6. The summed E-state index contributed by atoms with van der Waals surface area (Å²) in [5, 5.41) is 0.646. The summed E-state index contributed by atoms with van der Waals surface area (Å²) >= 11 is 1.51. The summed E-state index contributed by atoms with van der Waals surface area (Å²) < 4.78 is 6.83. The topological polar surface area (TPSA) is 85.5 Å². The Hall–Kier alpha value is -3.71. The van der Waals surface area contributed by atoms with Crippen molar-refractivity contribution in [2.45, 2.75) is 26.8 Å². The molecule has 7 heteroatoms. The zero-order valence-corrected chi connectivity index (χ0v) is 19.4. The highest BCUT2D eigenvalue weighted by Gasteiger charge is 2.21. The molecule has 6 nitrogen and oxygen atoms in total. The lowest BCUT2D eigenvalue weighted by Crippen LogP contribution is -2.34. The van der Waals surface area contributed by atoms with Gasteiger partial charge in [-0.15, -0.1) is 0 Å². The minimum absolute atomic E-state index is 0.129. The number of carbonyl (C=O) groups excluding carboxylic acids is 2. The van der Waals surface area contributed by atoms with E-state index in [0.29, 0.717) is 17.4 Å². The number of anilines is 1. The van der Waals surface area contributed by atoms with Gasteiger partial charge in [0.05, 0.1) is 23.2 Å². The van der Waals surface area contributed by atoms with E-state index < -0.39 is 5.91 Å². The number of amides is 2. The van der Waals surface area contributed by atoms with Gasteiger partial charge in [0.25, 0.3) is 5.91 Å². The Morgan fingerprint density at radius 3 is 2.42 bits per heavy atom. The fourth-order valence-electron chi connectivity index (χ4n) is 3.64. The van der Waals surface area contributed by atoms with Crippen molar-refractivity contribution in [1.82, 2.24) is 4.98 Å². The number of fused-ring (bicyclic) bond motifs is 1. The van der Waals surface area contributed by atoms with Crippen molar-refractivity contribution < 1.29 is 14.3 Å². The normalized spacial score (nSPS) is 10.8. The summed E-state index contributed by atoms with van der Waals surface area (Å²) in [5.74, 6) is -0.0304. The summed E-state index contributed by atoms with van der Waals surface area (Å²) in [4.78, 5) is 30.8. The van der Waals surface area contributed by atoms with E-state index >= 15 is 0 Å². The molecule has 4 aromatic rings. The largest absolute Gasteiger partial charge is 0.484 e. The van der Waals surface area contributed by atoms with Crippen LogP contribution < -0.4 is 15.4 Å². The lowest BCUT2D eigenvalue weighted by molar-refractivity contribution is -0.120. The van der Waals surface area contributed by atoms with Crippen LogP contribution in [0.1, 0.15) is 22.3 Å². The highest BCUT2D eigenvalue weighted by atomic mass is 32.1. The smallest absolute Gasteiger partial charge is 0.267 e. The van der Waals surface area contributed by atoms with Crippen LogP contribution in [-0.4, -0.2) is 23.4 Å². The molecule has 0 aliphatic carbocycles. The van der Waals surface area contributed by atoms with Gasteiger partial charge in [-0.25, -0.2) is 4.98 Å². The molecule has 33 heavy (non-hydrogen) atoms. The quantitative estimate of drug-likeness (QED) is 0.419. The molecule has 0 spiro atoms. The van der Waals surface area contributed by atoms with Gasteiger partial charge >= 0.3 is 0 Å². The van der Waals surface area contributed by atoms with Gasteiger partial charge in [-0.1, -0.05) is 59.9 Å². The molecule has 0 aliphatic heterocycles. The van der Waals surface area contributed by atoms with E-state index in [0.717, 1.165) is 32.5 Å². The van der Waals surface area contributed by atoms with Gasteiger partial charge in [0.1, 0.15) is 5.75 Å². The standard InChI is InChI=1S/C26H25N3O3S/c1-17-12-18(2)25-22(13-17)28-26(33-25)29(15-20-6-4-3-5-7-20)24(31)16-32-21-10-8-19(9-11-21)14-23(27)30/h3-13H,14-16H2,1-2H3,(H2,27,30). The van der Waals surface area contributed by atoms with Crippen molar-refractivity contribution in [1.29, 1.82) is 0 Å². The summed E-state index contributed by atoms with van der Waals surface area (Å²) in [5.41, 5.74) is 10.2. The molecule has 2 amide bonds. The Balaban J connectivity index is 1.56. The molecule has 168 valence electrons. The van der Waals surface area contributed by atoms with Gasteiger partial charge in [-0.2, -0.15) is 0 Å². The lowest BCUT2D eigenvalue weighted by Gasteiger charge is -2.20. The second kappa shape index (κ2) is 9.83. The molecule has 4 rings (SSSR count). The predicted molar refractivity (Wildman–Crippen MR) is 132 cm³/mol. The zero-order chi connectivity index (χ0) is 23.4. The molecule has 0 aliphatic rings. The molecule has 0 atom stereocenters. The number of primary amides is 1. The molecular formula is C26H25N3O3S. The number of thiazole rings is 1. The average molecular weight is 460 g/mol. The third-order valence-electron chi connectivity index (χ3n) is 5.19. The average Bonchev–Trinajstić information content (AvgIpc) is 3.21. The third kappa shape index (κ3) is 5.56. The van der Waals surface area contributed by atoms with E-state index in [2.05, 4.69) is 13.0 Å². The van der Waals surface area contributed by atoms with Gasteiger partial charge in [-0.05, 0) is 54.3 Å². The first kappa shape index (κ1) is 22.5. The van der Waals surface area contributed by atoms with Crippen LogP contribution in [0.2, 0.25) is 0 Å². The van der Waals surface area contributed by atoms with Crippen LogP contribution >= 0.6 is 11.3 Å². The van der Waals surface area contributed by atoms with Gasteiger partial charge in [-0.3, -0.25) is 14.5 Å². The monoisotopic (exact) mass is 459 g/mol. The Morgan fingerprint density at radius 2 is 1.73 bits per heavy atom. The van der Waals surface area contributed by atoms with E-state index in [1.165, 1.54) is 11.3 Å². The molecule has 0 bridgehead atoms. The maximum Gasteiger partial charge on any atom is 0.267 e. The number of hydrogen-bond donors (Lipinski definition) is 1. The highest BCUT2D eigenvalue weighted by Crippen LogP contribution is 2.33. The summed E-state index contributed by atoms with van der Waals surface area (Å²) in [6.45, 7) is 4.38. The number of rotatable bonds is 8. The predicted octanol–water partition coefficient (Wildman–Crippen LogP) is 4.55. The minimum atomic E-state index is -0.392. The molecule has 0 saturated heterocycles. The van der Waals surface area contributed by atoms with E-state index in [4.69, 9.17) is 15.5 Å². The molecule has 2 N–H and O–H groups in total. The van der Waals surface area contributed by atoms with Crippen molar-refractivity contribution in [3.05, 3.63) is 89.0 Å². The molecule has 1 aromatic heterocycles. The highest BCUT2D eigenvalue weighted by molar-refractivity contribution is 7.22. The number of nitrogens with zero attached hydrogens (tertiary/aromatic N) is 2. The molecule has 1 heterocycles. The molecule has 0 radical (unpaired) electrons. The van der Waals surface area contributed by atoms with Crippen molar-refractivity contribution in [2.75, 3.05) is 11.5 Å². The summed E-state index contributed by atoms with van der Waals surface area (Å²) in [6.07, 6.45) is 0.167. The van der Waals surface area contributed by atoms with Crippen LogP contribution in [0.25, 0.3) is 10.2 Å². The summed E-state index contributed by atoms with van der Waals surface area (Å²) in [7, 11) is 0. The van der Waals surface area contributed by atoms with Gasteiger partial charge < -0.3 is 10.5 Å².